The highest BCUT2D eigenvalue weighted by Gasteiger charge is 2.32. The van der Waals surface area contributed by atoms with Crippen LogP contribution in [0.3, 0.4) is 0 Å². The van der Waals surface area contributed by atoms with Crippen molar-refractivity contribution in [1.29, 1.82) is 0 Å². The van der Waals surface area contributed by atoms with Crippen LogP contribution in [0.1, 0.15) is 23.4 Å². The molecule has 6 heteroatoms. The first-order chi connectivity index (χ1) is 11.1. The van der Waals surface area contributed by atoms with Gasteiger partial charge in [-0.3, -0.25) is 4.79 Å². The van der Waals surface area contributed by atoms with E-state index >= 15 is 0 Å². The summed E-state index contributed by atoms with van der Waals surface area (Å²) < 4.78 is 0. The minimum Gasteiger partial charge on any atom is -0.326 e. The first kappa shape index (κ1) is 15.3. The molecule has 2 aromatic rings. The minimum absolute atomic E-state index is 0.223. The van der Waals surface area contributed by atoms with Crippen molar-refractivity contribution < 1.29 is 9.59 Å². The summed E-state index contributed by atoms with van der Waals surface area (Å²) in [6.07, 6.45) is 0. The van der Waals surface area contributed by atoms with Crippen molar-refractivity contribution in [2.45, 2.75) is 19.9 Å². The largest absolute Gasteiger partial charge is 0.326 e. The van der Waals surface area contributed by atoms with Gasteiger partial charge in [0.25, 0.3) is 5.91 Å². The van der Waals surface area contributed by atoms with Gasteiger partial charge >= 0.3 is 6.03 Å². The van der Waals surface area contributed by atoms with Crippen LogP contribution in [-0.2, 0) is 4.79 Å². The van der Waals surface area contributed by atoms with E-state index in [1.807, 2.05) is 48.7 Å². The molecule has 1 aromatic carbocycles. The van der Waals surface area contributed by atoms with E-state index in [1.165, 1.54) is 11.3 Å². The molecule has 0 saturated carbocycles. The fraction of sp³-hybridized carbons (Fsp3) is 0.176. The molecule has 1 unspecified atom stereocenters. The van der Waals surface area contributed by atoms with E-state index in [4.69, 9.17) is 0 Å². The van der Waals surface area contributed by atoms with Gasteiger partial charge in [0, 0.05) is 16.3 Å². The number of thiophene rings is 1. The summed E-state index contributed by atoms with van der Waals surface area (Å²) >= 11 is 1.53. The van der Waals surface area contributed by atoms with Crippen LogP contribution in [0.15, 0.2) is 53.0 Å². The Bertz CT molecular complexity index is 780. The summed E-state index contributed by atoms with van der Waals surface area (Å²) in [5, 5.41) is 10.4. The van der Waals surface area contributed by atoms with Gasteiger partial charge in [0.1, 0.15) is 0 Å². The van der Waals surface area contributed by atoms with Gasteiger partial charge in [0.15, 0.2) is 0 Å². The second-order valence-electron chi connectivity index (χ2n) is 5.36. The number of hydrogen-bond donors (Lipinski definition) is 3. The van der Waals surface area contributed by atoms with Gasteiger partial charge in [-0.05, 0) is 43.0 Å². The molecule has 118 valence electrons. The number of allylic oxidation sites excluding steroid dienone is 1. The lowest BCUT2D eigenvalue weighted by Gasteiger charge is -2.28. The fourth-order valence-corrected chi connectivity index (χ4v) is 3.58. The molecule has 0 bridgehead atoms. The van der Waals surface area contributed by atoms with Crippen molar-refractivity contribution in [3.05, 3.63) is 63.5 Å². The topological polar surface area (TPSA) is 70.2 Å². The van der Waals surface area contributed by atoms with Gasteiger partial charge in [-0.25, -0.2) is 4.79 Å². The molecule has 3 rings (SSSR count). The van der Waals surface area contributed by atoms with Gasteiger partial charge in [0.2, 0.25) is 0 Å². The van der Waals surface area contributed by atoms with Crippen LogP contribution in [0.2, 0.25) is 0 Å². The highest BCUT2D eigenvalue weighted by molar-refractivity contribution is 7.10. The molecule has 0 saturated heterocycles. The average Bonchev–Trinajstić information content (AvgIpc) is 2.93. The Labute approximate surface area is 138 Å². The van der Waals surface area contributed by atoms with Crippen molar-refractivity contribution in [3.63, 3.8) is 0 Å². The molecular weight excluding hydrogens is 310 g/mol. The molecule has 3 N–H and O–H groups in total. The Kier molecular flexibility index (Phi) is 4.16. The quantitative estimate of drug-likeness (QED) is 0.809. The summed E-state index contributed by atoms with van der Waals surface area (Å²) in [4.78, 5) is 25.5. The standard InChI is InChI=1S/C17H17N3O2S/c1-10-8-9-23-15(10)14-13(11(2)18-17(22)20-14)16(21)19-12-6-4-3-5-7-12/h3-9,14H,1-2H3,(H,19,21)(H2,18,20,22). The van der Waals surface area contributed by atoms with Crippen LogP contribution in [0.4, 0.5) is 10.5 Å². The van der Waals surface area contributed by atoms with Gasteiger partial charge in [-0.2, -0.15) is 0 Å². The number of carbonyl (C=O) groups excluding carboxylic acids is 2. The monoisotopic (exact) mass is 327 g/mol. The van der Waals surface area contributed by atoms with E-state index in [9.17, 15) is 9.59 Å². The minimum atomic E-state index is -0.438. The summed E-state index contributed by atoms with van der Waals surface area (Å²) in [5.41, 5.74) is 2.87. The molecule has 0 aliphatic carbocycles. The maximum Gasteiger partial charge on any atom is 0.319 e. The fourth-order valence-electron chi connectivity index (χ4n) is 2.59. The van der Waals surface area contributed by atoms with E-state index in [1.54, 1.807) is 6.92 Å². The summed E-state index contributed by atoms with van der Waals surface area (Å²) in [7, 11) is 0. The zero-order valence-electron chi connectivity index (χ0n) is 12.8. The van der Waals surface area contributed by atoms with E-state index in [2.05, 4.69) is 16.0 Å². The molecule has 1 atom stereocenters. The van der Waals surface area contributed by atoms with Gasteiger partial charge < -0.3 is 16.0 Å². The number of rotatable bonds is 3. The molecule has 23 heavy (non-hydrogen) atoms. The predicted molar refractivity (Wildman–Crippen MR) is 91.2 cm³/mol. The smallest absolute Gasteiger partial charge is 0.319 e. The number of nitrogens with one attached hydrogen (secondary N) is 3. The Hall–Kier alpha value is -2.60. The number of amides is 3. The molecule has 3 amide bonds. The number of para-hydroxylation sites is 1. The molecule has 5 nitrogen and oxygen atoms in total. The number of benzene rings is 1. The van der Waals surface area contributed by atoms with E-state index in [0.29, 0.717) is 11.3 Å². The van der Waals surface area contributed by atoms with Crippen LogP contribution >= 0.6 is 11.3 Å². The third-order valence-corrected chi connectivity index (χ3v) is 4.79. The summed E-state index contributed by atoms with van der Waals surface area (Å²) in [6, 6.07) is 10.5. The maximum atomic E-state index is 12.7. The molecule has 1 aromatic heterocycles. The lowest BCUT2D eigenvalue weighted by Crippen LogP contribution is -2.45. The van der Waals surface area contributed by atoms with Crippen LogP contribution in [0, 0.1) is 6.92 Å². The molecular formula is C17H17N3O2S. The first-order valence-electron chi connectivity index (χ1n) is 7.25. The van der Waals surface area contributed by atoms with Crippen LogP contribution in [0.25, 0.3) is 0 Å². The van der Waals surface area contributed by atoms with Crippen molar-refractivity contribution >= 4 is 29.0 Å². The van der Waals surface area contributed by atoms with Gasteiger partial charge in [-0.1, -0.05) is 18.2 Å². The predicted octanol–water partition coefficient (Wildman–Crippen LogP) is 3.32. The van der Waals surface area contributed by atoms with E-state index in [0.717, 1.165) is 16.1 Å². The third kappa shape index (κ3) is 3.12. The van der Waals surface area contributed by atoms with Crippen molar-refractivity contribution in [3.8, 4) is 0 Å². The molecule has 1 aliphatic rings. The number of carbonyl (C=O) groups is 2. The van der Waals surface area contributed by atoms with Gasteiger partial charge in [-0.15, -0.1) is 11.3 Å². The van der Waals surface area contributed by atoms with E-state index in [-0.39, 0.29) is 11.9 Å². The maximum absolute atomic E-state index is 12.7. The van der Waals surface area contributed by atoms with Crippen LogP contribution in [0.5, 0.6) is 0 Å². The number of aryl methyl sites for hydroxylation is 1. The normalized spacial score (nSPS) is 17.5. The highest BCUT2D eigenvalue weighted by Crippen LogP contribution is 2.33. The summed E-state index contributed by atoms with van der Waals surface area (Å²) in [5.74, 6) is -0.223. The SMILES string of the molecule is CC1=C(C(=O)Nc2ccccc2)C(c2sccc2C)NC(=O)N1. The molecule has 2 heterocycles. The summed E-state index contributed by atoms with van der Waals surface area (Å²) in [6.45, 7) is 3.72. The molecule has 1 aliphatic heterocycles. The van der Waals surface area contributed by atoms with Crippen LogP contribution < -0.4 is 16.0 Å². The number of anilines is 1. The third-order valence-electron chi connectivity index (χ3n) is 3.71. The Morgan fingerprint density at radius 2 is 1.91 bits per heavy atom. The second-order valence-corrected chi connectivity index (χ2v) is 6.31. The average molecular weight is 327 g/mol. The van der Waals surface area contributed by atoms with E-state index < -0.39 is 6.04 Å². The Morgan fingerprint density at radius 1 is 1.17 bits per heavy atom. The molecule has 0 radical (unpaired) electrons. The molecule has 0 fully saturated rings. The van der Waals surface area contributed by atoms with Crippen molar-refractivity contribution in [2.75, 3.05) is 5.32 Å². The van der Waals surface area contributed by atoms with Crippen molar-refractivity contribution in [1.82, 2.24) is 10.6 Å². The van der Waals surface area contributed by atoms with Gasteiger partial charge in [0.05, 0.1) is 11.6 Å². The Morgan fingerprint density at radius 3 is 2.57 bits per heavy atom. The lowest BCUT2D eigenvalue weighted by molar-refractivity contribution is -0.113. The highest BCUT2D eigenvalue weighted by atomic mass is 32.1. The van der Waals surface area contributed by atoms with Crippen molar-refractivity contribution in [2.24, 2.45) is 0 Å². The zero-order valence-corrected chi connectivity index (χ0v) is 13.7. The zero-order chi connectivity index (χ0) is 16.4. The van der Waals surface area contributed by atoms with Crippen LogP contribution in [-0.4, -0.2) is 11.9 Å². The Balaban J connectivity index is 1.95. The lowest BCUT2D eigenvalue weighted by atomic mass is 9.98. The first-order valence-corrected chi connectivity index (χ1v) is 8.13. The number of hydrogen-bond acceptors (Lipinski definition) is 3. The molecule has 0 spiro atoms. The number of urea groups is 1. The second kappa shape index (κ2) is 6.26.